The molecule has 1 aliphatic rings. The molecule has 6 nitrogen and oxygen atoms in total. The molecule has 0 saturated carbocycles. The van der Waals surface area contributed by atoms with E-state index in [0.717, 1.165) is 29.8 Å². The third-order valence-electron chi connectivity index (χ3n) is 5.57. The van der Waals surface area contributed by atoms with Gasteiger partial charge in [-0.05, 0) is 62.3 Å². The Morgan fingerprint density at radius 1 is 1.06 bits per heavy atom. The number of fused-ring (bicyclic) bond motifs is 1. The highest BCUT2D eigenvalue weighted by Crippen LogP contribution is 2.32. The highest BCUT2D eigenvalue weighted by molar-refractivity contribution is 6.30. The second-order valence-electron chi connectivity index (χ2n) is 7.68. The van der Waals surface area contributed by atoms with Crippen molar-refractivity contribution in [2.45, 2.75) is 12.8 Å². The predicted octanol–water partition coefficient (Wildman–Crippen LogP) is 4.99. The van der Waals surface area contributed by atoms with Crippen molar-refractivity contribution in [3.63, 3.8) is 0 Å². The van der Waals surface area contributed by atoms with Crippen LogP contribution in [0.1, 0.15) is 12.8 Å². The van der Waals surface area contributed by atoms with Crippen molar-refractivity contribution in [1.29, 1.82) is 0 Å². The van der Waals surface area contributed by atoms with E-state index in [1.807, 2.05) is 24.4 Å². The molecule has 1 fully saturated rings. The van der Waals surface area contributed by atoms with Crippen molar-refractivity contribution in [2.24, 2.45) is 0 Å². The molecule has 0 bridgehead atoms. The average Bonchev–Trinajstić information content (AvgIpc) is 3.47. The Bertz CT molecular complexity index is 1220. The normalized spacial score (nSPS) is 14.4. The number of likely N-dealkylation sites (tertiary alicyclic amines) is 1. The summed E-state index contributed by atoms with van der Waals surface area (Å²) in [5.74, 6) is -0.373. The molecule has 4 aromatic rings. The van der Waals surface area contributed by atoms with Gasteiger partial charge in [0.1, 0.15) is 11.5 Å². The zero-order valence-corrected chi connectivity index (χ0v) is 17.7. The molecule has 5 rings (SSSR count). The lowest BCUT2D eigenvalue weighted by Crippen LogP contribution is -2.25. The van der Waals surface area contributed by atoms with Gasteiger partial charge in [0.15, 0.2) is 0 Å². The summed E-state index contributed by atoms with van der Waals surface area (Å²) in [4.78, 5) is 19.1. The molecule has 0 unspecified atom stereocenters. The number of hydrogen-bond donors (Lipinski definition) is 2. The Morgan fingerprint density at radius 2 is 1.94 bits per heavy atom. The Kier molecular flexibility index (Phi) is 5.53. The van der Waals surface area contributed by atoms with Crippen LogP contribution in [0, 0.1) is 5.82 Å². The summed E-state index contributed by atoms with van der Waals surface area (Å²) in [5.41, 5.74) is 4.58. The number of anilines is 1. The molecule has 1 saturated heterocycles. The van der Waals surface area contributed by atoms with Crippen LogP contribution in [-0.4, -0.2) is 51.0 Å². The molecule has 31 heavy (non-hydrogen) atoms. The van der Waals surface area contributed by atoms with E-state index < -0.39 is 0 Å². The summed E-state index contributed by atoms with van der Waals surface area (Å²) in [6.45, 7) is 4.25. The van der Waals surface area contributed by atoms with Crippen molar-refractivity contribution in [2.75, 3.05) is 31.5 Å². The lowest BCUT2D eigenvalue weighted by atomic mass is 10.1. The van der Waals surface area contributed by atoms with Gasteiger partial charge in [0.05, 0.1) is 40.6 Å². The zero-order valence-electron chi connectivity index (χ0n) is 16.9. The number of halogens is 2. The maximum absolute atomic E-state index is 14.4. The second kappa shape index (κ2) is 8.61. The predicted molar refractivity (Wildman–Crippen MR) is 122 cm³/mol. The van der Waals surface area contributed by atoms with E-state index in [4.69, 9.17) is 16.6 Å². The number of nitrogens with zero attached hydrogens (tertiary/aromatic N) is 4. The fraction of sp³-hybridized carbons (Fsp3) is 0.261. The first kappa shape index (κ1) is 19.9. The maximum Gasteiger partial charge on any atom is 0.132 e. The first-order valence-corrected chi connectivity index (χ1v) is 10.8. The van der Waals surface area contributed by atoms with Gasteiger partial charge in [-0.2, -0.15) is 0 Å². The van der Waals surface area contributed by atoms with Crippen LogP contribution in [0.25, 0.3) is 33.7 Å². The van der Waals surface area contributed by atoms with Crippen LogP contribution in [0.4, 0.5) is 10.1 Å². The SMILES string of the molecule is Fc1ccc(Cl)cc1-c1[nH]cnc1-c1ccc2ncc(NCCN3CCCC3)cc2n1. The summed E-state index contributed by atoms with van der Waals surface area (Å²) < 4.78 is 14.4. The van der Waals surface area contributed by atoms with Gasteiger partial charge >= 0.3 is 0 Å². The van der Waals surface area contributed by atoms with Crippen LogP contribution < -0.4 is 5.32 Å². The zero-order chi connectivity index (χ0) is 21.2. The Morgan fingerprint density at radius 3 is 2.81 bits per heavy atom. The van der Waals surface area contributed by atoms with E-state index in [1.165, 1.54) is 44.4 Å². The topological polar surface area (TPSA) is 69.7 Å². The van der Waals surface area contributed by atoms with Crippen LogP contribution >= 0.6 is 11.6 Å². The van der Waals surface area contributed by atoms with E-state index in [0.29, 0.717) is 27.7 Å². The minimum absolute atomic E-state index is 0.359. The van der Waals surface area contributed by atoms with E-state index in [9.17, 15) is 4.39 Å². The highest BCUT2D eigenvalue weighted by atomic mass is 35.5. The third-order valence-corrected chi connectivity index (χ3v) is 5.81. The van der Waals surface area contributed by atoms with Crippen LogP contribution in [0.3, 0.4) is 0 Å². The van der Waals surface area contributed by atoms with Crippen LogP contribution in [0.15, 0.2) is 48.9 Å². The number of benzene rings is 1. The van der Waals surface area contributed by atoms with Crippen molar-refractivity contribution in [1.82, 2.24) is 24.8 Å². The standard InChI is InChI=1S/C23H22ClFN6/c24-15-3-4-18(25)17(11-15)22-23(29-14-28-22)20-6-5-19-21(30-20)12-16(13-27-19)26-7-10-31-8-1-2-9-31/h3-6,11-14,26H,1-2,7-10H2,(H,28,29). The van der Waals surface area contributed by atoms with Crippen molar-refractivity contribution in [3.05, 3.63) is 59.8 Å². The Labute approximate surface area is 184 Å². The van der Waals surface area contributed by atoms with E-state index in [2.05, 4.69) is 25.2 Å². The molecule has 1 aliphatic heterocycles. The van der Waals surface area contributed by atoms with E-state index >= 15 is 0 Å². The molecular formula is C23H22ClFN6. The Hall–Kier alpha value is -3.03. The van der Waals surface area contributed by atoms with Crippen LogP contribution in [0.5, 0.6) is 0 Å². The molecule has 1 aromatic carbocycles. The van der Waals surface area contributed by atoms with Gasteiger partial charge in [-0.15, -0.1) is 0 Å². The molecule has 0 amide bonds. The number of rotatable bonds is 6. The van der Waals surface area contributed by atoms with Crippen molar-refractivity contribution in [3.8, 4) is 22.6 Å². The first-order valence-electron chi connectivity index (χ1n) is 10.4. The number of pyridine rings is 2. The Balaban J connectivity index is 1.42. The van der Waals surface area contributed by atoms with Gasteiger partial charge in [0.25, 0.3) is 0 Å². The number of imidazole rings is 1. The van der Waals surface area contributed by atoms with Crippen LogP contribution in [0.2, 0.25) is 5.02 Å². The summed E-state index contributed by atoms with van der Waals surface area (Å²) in [7, 11) is 0. The molecule has 2 N–H and O–H groups in total. The fourth-order valence-corrected chi connectivity index (χ4v) is 4.15. The highest BCUT2D eigenvalue weighted by Gasteiger charge is 2.16. The van der Waals surface area contributed by atoms with E-state index in [1.54, 1.807) is 6.07 Å². The molecule has 0 aliphatic carbocycles. The lowest BCUT2D eigenvalue weighted by Gasteiger charge is -2.15. The average molecular weight is 437 g/mol. The van der Waals surface area contributed by atoms with Crippen molar-refractivity contribution >= 4 is 28.3 Å². The molecule has 8 heteroatoms. The largest absolute Gasteiger partial charge is 0.382 e. The van der Waals surface area contributed by atoms with Gasteiger partial charge in [-0.25, -0.2) is 14.4 Å². The quantitative estimate of drug-likeness (QED) is 0.445. The summed E-state index contributed by atoms with van der Waals surface area (Å²) in [5, 5.41) is 3.89. The minimum Gasteiger partial charge on any atom is -0.382 e. The number of nitrogens with one attached hydrogen (secondary N) is 2. The third kappa shape index (κ3) is 4.24. The molecular weight excluding hydrogens is 415 g/mol. The van der Waals surface area contributed by atoms with Gasteiger partial charge < -0.3 is 15.2 Å². The first-order chi connectivity index (χ1) is 15.2. The maximum atomic E-state index is 14.4. The summed E-state index contributed by atoms with van der Waals surface area (Å²) in [6.07, 6.45) is 5.94. The lowest BCUT2D eigenvalue weighted by molar-refractivity contribution is 0.352. The van der Waals surface area contributed by atoms with Crippen molar-refractivity contribution < 1.29 is 4.39 Å². The van der Waals surface area contributed by atoms with Gasteiger partial charge in [0, 0.05) is 23.7 Å². The smallest absolute Gasteiger partial charge is 0.132 e. The molecule has 158 valence electrons. The molecule has 4 heterocycles. The molecule has 0 spiro atoms. The van der Waals surface area contributed by atoms with Crippen LogP contribution in [-0.2, 0) is 0 Å². The summed E-state index contributed by atoms with van der Waals surface area (Å²) in [6, 6.07) is 10.2. The fourth-order valence-electron chi connectivity index (χ4n) is 3.98. The van der Waals surface area contributed by atoms with E-state index in [-0.39, 0.29) is 5.82 Å². The van der Waals surface area contributed by atoms with Gasteiger partial charge in [0.2, 0.25) is 0 Å². The number of aromatic amines is 1. The molecule has 0 radical (unpaired) electrons. The second-order valence-corrected chi connectivity index (χ2v) is 8.12. The minimum atomic E-state index is -0.373. The summed E-state index contributed by atoms with van der Waals surface area (Å²) >= 11 is 6.08. The number of aromatic nitrogens is 4. The van der Waals surface area contributed by atoms with Gasteiger partial charge in [-0.3, -0.25) is 4.98 Å². The monoisotopic (exact) mass is 436 g/mol. The number of hydrogen-bond acceptors (Lipinski definition) is 5. The molecule has 0 atom stereocenters. The van der Waals surface area contributed by atoms with Gasteiger partial charge in [-0.1, -0.05) is 11.6 Å². The number of H-pyrrole nitrogens is 1. The molecule has 3 aromatic heterocycles.